The third kappa shape index (κ3) is 5.32. The van der Waals surface area contributed by atoms with Crippen molar-refractivity contribution in [2.24, 2.45) is 16.0 Å². The van der Waals surface area contributed by atoms with Gasteiger partial charge in [-0.1, -0.05) is 46.7 Å². The van der Waals surface area contributed by atoms with Crippen molar-refractivity contribution in [3.63, 3.8) is 0 Å². The molecule has 2 rings (SSSR count). The first-order chi connectivity index (χ1) is 13.2. The third-order valence-corrected chi connectivity index (χ3v) is 3.74. The Labute approximate surface area is 159 Å². The van der Waals surface area contributed by atoms with E-state index in [9.17, 15) is 18.0 Å². The lowest BCUT2D eigenvalue weighted by Crippen LogP contribution is -2.25. The minimum atomic E-state index is -4.40. The fourth-order valence-electron chi connectivity index (χ4n) is 2.35. The predicted molar refractivity (Wildman–Crippen MR) is 97.6 cm³/mol. The van der Waals surface area contributed by atoms with Crippen LogP contribution in [-0.4, -0.2) is 24.4 Å². The molecular formula is C19H18F3N3O3. The molecule has 0 spiro atoms. The average Bonchev–Trinajstić information content (AvgIpc) is 2.66. The summed E-state index contributed by atoms with van der Waals surface area (Å²) in [5, 5.41) is 7.55. The summed E-state index contributed by atoms with van der Waals surface area (Å²) >= 11 is 0. The largest absolute Gasteiger partial charge is 0.416 e. The van der Waals surface area contributed by atoms with E-state index in [1.165, 1.54) is 19.2 Å². The first-order valence-electron chi connectivity index (χ1n) is 8.07. The van der Waals surface area contributed by atoms with Crippen LogP contribution in [0.5, 0.6) is 0 Å². The molecule has 0 atom stereocenters. The summed E-state index contributed by atoms with van der Waals surface area (Å²) in [4.78, 5) is 21.5. The zero-order valence-electron chi connectivity index (χ0n) is 15.2. The van der Waals surface area contributed by atoms with Crippen molar-refractivity contribution in [1.29, 1.82) is 0 Å². The minimum absolute atomic E-state index is 0.00976. The Morgan fingerprint density at radius 3 is 2.29 bits per heavy atom. The van der Waals surface area contributed by atoms with Gasteiger partial charge in [-0.2, -0.15) is 13.2 Å². The molecule has 0 bridgehead atoms. The highest BCUT2D eigenvalue weighted by molar-refractivity contribution is 6.45. The molecule has 2 aromatic rings. The van der Waals surface area contributed by atoms with Gasteiger partial charge in [-0.3, -0.25) is 4.79 Å². The molecule has 0 saturated heterocycles. The zero-order chi connectivity index (χ0) is 20.7. The molecule has 0 saturated carbocycles. The third-order valence-electron chi connectivity index (χ3n) is 3.74. The second kappa shape index (κ2) is 9.03. The second-order valence-electron chi connectivity index (χ2n) is 5.67. The number of primary amides is 1. The summed E-state index contributed by atoms with van der Waals surface area (Å²) < 4.78 is 37.9. The van der Waals surface area contributed by atoms with E-state index >= 15 is 0 Å². The van der Waals surface area contributed by atoms with Crippen LogP contribution in [0.3, 0.4) is 0 Å². The number of hydrogen-bond acceptors (Lipinski definition) is 5. The Kier molecular flexibility index (Phi) is 6.75. The van der Waals surface area contributed by atoms with Crippen molar-refractivity contribution < 1.29 is 27.6 Å². The fourth-order valence-corrected chi connectivity index (χ4v) is 2.35. The maximum absolute atomic E-state index is 12.6. The summed E-state index contributed by atoms with van der Waals surface area (Å²) in [7, 11) is 1.29. The fraction of sp³-hybridized carbons (Fsp3) is 0.211. The lowest BCUT2D eigenvalue weighted by Gasteiger charge is -2.09. The molecule has 28 heavy (non-hydrogen) atoms. The molecule has 9 heteroatoms. The van der Waals surface area contributed by atoms with Gasteiger partial charge in [0, 0.05) is 11.1 Å². The van der Waals surface area contributed by atoms with E-state index in [1.54, 1.807) is 31.2 Å². The molecule has 0 aromatic heterocycles. The SMILES string of the molecule is CO/N=C(/C(N)=O)c1ccccc1CO/N=C(\C)c1ccc(C(F)(F)F)cc1. The maximum atomic E-state index is 12.6. The van der Waals surface area contributed by atoms with Crippen molar-refractivity contribution in [2.45, 2.75) is 19.7 Å². The molecule has 0 aliphatic carbocycles. The van der Waals surface area contributed by atoms with Crippen molar-refractivity contribution in [3.8, 4) is 0 Å². The first-order valence-corrected chi connectivity index (χ1v) is 8.07. The van der Waals surface area contributed by atoms with Crippen LogP contribution in [0.25, 0.3) is 0 Å². The number of rotatable bonds is 7. The van der Waals surface area contributed by atoms with Gasteiger partial charge in [0.1, 0.15) is 13.7 Å². The number of nitrogens with zero attached hydrogens (tertiary/aromatic N) is 2. The molecule has 148 valence electrons. The molecule has 2 N–H and O–H groups in total. The van der Waals surface area contributed by atoms with Crippen molar-refractivity contribution in [1.82, 2.24) is 0 Å². The zero-order valence-corrected chi connectivity index (χ0v) is 15.2. The minimum Gasteiger partial charge on any atom is -0.398 e. The lowest BCUT2D eigenvalue weighted by molar-refractivity contribution is -0.137. The van der Waals surface area contributed by atoms with Crippen LogP contribution in [0.2, 0.25) is 0 Å². The van der Waals surface area contributed by atoms with Gasteiger partial charge in [-0.25, -0.2) is 0 Å². The van der Waals surface area contributed by atoms with Crippen molar-refractivity contribution >= 4 is 17.3 Å². The lowest BCUT2D eigenvalue weighted by atomic mass is 10.0. The van der Waals surface area contributed by atoms with Gasteiger partial charge in [-0.15, -0.1) is 0 Å². The standard InChI is InChI=1S/C19H18F3N3O3/c1-12(13-7-9-15(10-8-13)19(20,21)22)24-28-11-14-5-3-4-6-16(14)17(18(23)26)25-27-2/h3-10H,11H2,1-2H3,(H2,23,26)/b24-12+,25-17+. The van der Waals surface area contributed by atoms with E-state index in [2.05, 4.69) is 15.1 Å². The van der Waals surface area contributed by atoms with Crippen LogP contribution >= 0.6 is 0 Å². The van der Waals surface area contributed by atoms with Crippen LogP contribution < -0.4 is 5.73 Å². The Balaban J connectivity index is 2.14. The van der Waals surface area contributed by atoms with Gasteiger partial charge in [0.25, 0.3) is 5.91 Å². The number of nitrogens with two attached hydrogens (primary N) is 1. The quantitative estimate of drug-likeness (QED) is 0.577. The Hall–Kier alpha value is -3.36. The average molecular weight is 393 g/mol. The maximum Gasteiger partial charge on any atom is 0.416 e. The summed E-state index contributed by atoms with van der Waals surface area (Å²) in [5.74, 6) is -0.765. The van der Waals surface area contributed by atoms with Crippen LogP contribution in [0.1, 0.15) is 29.2 Å². The number of carbonyl (C=O) groups is 1. The highest BCUT2D eigenvalue weighted by Gasteiger charge is 2.30. The number of benzene rings is 2. The molecule has 1 amide bonds. The smallest absolute Gasteiger partial charge is 0.398 e. The summed E-state index contributed by atoms with van der Waals surface area (Å²) in [6.07, 6.45) is -4.40. The van der Waals surface area contributed by atoms with Gasteiger partial charge < -0.3 is 15.4 Å². The number of amides is 1. The molecule has 0 unspecified atom stereocenters. The van der Waals surface area contributed by atoms with E-state index in [0.717, 1.165) is 12.1 Å². The van der Waals surface area contributed by atoms with Gasteiger partial charge in [-0.05, 0) is 24.6 Å². The van der Waals surface area contributed by atoms with Gasteiger partial charge in [0.15, 0.2) is 5.71 Å². The van der Waals surface area contributed by atoms with Crippen LogP contribution in [0, 0.1) is 0 Å². The Morgan fingerprint density at radius 2 is 1.71 bits per heavy atom. The number of hydrogen-bond donors (Lipinski definition) is 1. The topological polar surface area (TPSA) is 86.3 Å². The number of oxime groups is 2. The van der Waals surface area contributed by atoms with E-state index in [0.29, 0.717) is 22.4 Å². The highest BCUT2D eigenvalue weighted by atomic mass is 19.4. The highest BCUT2D eigenvalue weighted by Crippen LogP contribution is 2.29. The molecular weight excluding hydrogens is 375 g/mol. The molecule has 0 fully saturated rings. The van der Waals surface area contributed by atoms with Gasteiger partial charge in [0.2, 0.25) is 0 Å². The molecule has 0 aliphatic rings. The van der Waals surface area contributed by atoms with E-state index in [1.807, 2.05) is 0 Å². The van der Waals surface area contributed by atoms with Crippen molar-refractivity contribution in [2.75, 3.05) is 7.11 Å². The van der Waals surface area contributed by atoms with Crippen LogP contribution in [-0.2, 0) is 27.3 Å². The summed E-state index contributed by atoms with van der Waals surface area (Å²) in [6.45, 7) is 1.60. The molecule has 6 nitrogen and oxygen atoms in total. The Morgan fingerprint density at radius 1 is 1.07 bits per heavy atom. The van der Waals surface area contributed by atoms with E-state index in [4.69, 9.17) is 10.6 Å². The summed E-state index contributed by atoms with van der Waals surface area (Å²) in [6, 6.07) is 11.3. The monoisotopic (exact) mass is 393 g/mol. The van der Waals surface area contributed by atoms with Crippen molar-refractivity contribution in [3.05, 3.63) is 70.8 Å². The molecule has 2 aromatic carbocycles. The van der Waals surface area contributed by atoms with Crippen LogP contribution in [0.15, 0.2) is 58.8 Å². The first kappa shape index (κ1) is 20.9. The Bertz CT molecular complexity index is 891. The number of alkyl halides is 3. The van der Waals surface area contributed by atoms with Gasteiger partial charge >= 0.3 is 6.18 Å². The normalized spacial score (nSPS) is 12.6. The summed E-state index contributed by atoms with van der Waals surface area (Å²) in [5.41, 5.74) is 6.41. The molecule has 0 aliphatic heterocycles. The van der Waals surface area contributed by atoms with Gasteiger partial charge in [0.05, 0.1) is 11.3 Å². The number of carbonyl (C=O) groups excluding carboxylic acids is 1. The number of halogens is 3. The van der Waals surface area contributed by atoms with Crippen LogP contribution in [0.4, 0.5) is 13.2 Å². The predicted octanol–water partition coefficient (Wildman–Crippen LogP) is 3.48. The molecule has 0 radical (unpaired) electrons. The van der Waals surface area contributed by atoms with E-state index < -0.39 is 17.6 Å². The van der Waals surface area contributed by atoms with E-state index in [-0.39, 0.29) is 12.3 Å². The second-order valence-corrected chi connectivity index (χ2v) is 5.67. The molecule has 0 heterocycles.